The first-order valence-electron chi connectivity index (χ1n) is 9.39. The third-order valence-electron chi connectivity index (χ3n) is 5.19. The van der Waals surface area contributed by atoms with Crippen molar-refractivity contribution in [1.82, 2.24) is 19.8 Å². The molecule has 2 aliphatic heterocycles. The molecule has 0 bridgehead atoms. The molecule has 0 saturated carbocycles. The number of benzene rings is 1. The van der Waals surface area contributed by atoms with Gasteiger partial charge in [-0.3, -0.25) is 4.79 Å². The molecule has 25 heavy (non-hydrogen) atoms. The van der Waals surface area contributed by atoms with Crippen molar-refractivity contribution in [2.75, 3.05) is 32.8 Å². The summed E-state index contributed by atoms with van der Waals surface area (Å²) in [5.74, 6) is 0.930. The summed E-state index contributed by atoms with van der Waals surface area (Å²) in [6, 6.07) is 5.79. The predicted molar refractivity (Wildman–Crippen MR) is 96.6 cm³/mol. The number of imidazole rings is 1. The average Bonchev–Trinajstić information content (AvgIpc) is 2.80. The van der Waals surface area contributed by atoms with Crippen LogP contribution in [0.25, 0.3) is 11.0 Å². The van der Waals surface area contributed by atoms with Crippen molar-refractivity contribution in [2.24, 2.45) is 0 Å². The van der Waals surface area contributed by atoms with Gasteiger partial charge in [0.2, 0.25) is 0 Å². The number of amides is 1. The van der Waals surface area contributed by atoms with Crippen LogP contribution in [-0.2, 0) is 17.9 Å². The lowest BCUT2D eigenvalue weighted by Gasteiger charge is -2.19. The van der Waals surface area contributed by atoms with E-state index in [4.69, 9.17) is 4.74 Å². The quantitative estimate of drug-likeness (QED) is 0.925. The monoisotopic (exact) mass is 342 g/mol. The Bertz CT molecular complexity index is 747. The fraction of sp³-hybridized carbons (Fsp3) is 0.579. The number of fused-ring (bicyclic) bond motifs is 3. The minimum Gasteiger partial charge on any atom is -0.372 e. The Morgan fingerprint density at radius 1 is 1.16 bits per heavy atom. The van der Waals surface area contributed by atoms with Crippen molar-refractivity contribution < 1.29 is 9.53 Å². The van der Waals surface area contributed by atoms with Crippen molar-refractivity contribution in [3.05, 3.63) is 29.6 Å². The van der Waals surface area contributed by atoms with Gasteiger partial charge in [0.15, 0.2) is 0 Å². The second kappa shape index (κ2) is 7.54. The lowest BCUT2D eigenvalue weighted by Crippen LogP contribution is -2.35. The first-order chi connectivity index (χ1) is 12.3. The molecule has 4 rings (SSSR count). The number of hydrogen-bond donors (Lipinski definition) is 1. The van der Waals surface area contributed by atoms with Gasteiger partial charge in [-0.1, -0.05) is 12.8 Å². The molecule has 0 atom stereocenters. The Morgan fingerprint density at radius 2 is 2.00 bits per heavy atom. The van der Waals surface area contributed by atoms with Crippen LogP contribution in [0.5, 0.6) is 0 Å². The summed E-state index contributed by atoms with van der Waals surface area (Å²) < 4.78 is 7.64. The molecule has 6 heteroatoms. The van der Waals surface area contributed by atoms with Gasteiger partial charge in [-0.2, -0.15) is 0 Å². The van der Waals surface area contributed by atoms with Crippen molar-refractivity contribution >= 4 is 16.9 Å². The number of nitrogens with zero attached hydrogens (tertiary/aromatic N) is 3. The number of ether oxygens (including phenoxy) is 1. The van der Waals surface area contributed by atoms with E-state index >= 15 is 0 Å². The normalized spacial score (nSPS) is 18.7. The first kappa shape index (κ1) is 16.5. The van der Waals surface area contributed by atoms with Crippen molar-refractivity contribution in [3.8, 4) is 0 Å². The number of likely N-dealkylation sites (tertiary alicyclic amines) is 1. The summed E-state index contributed by atoms with van der Waals surface area (Å²) in [5, 5.41) is 3.05. The van der Waals surface area contributed by atoms with Gasteiger partial charge in [-0.25, -0.2) is 4.98 Å². The van der Waals surface area contributed by atoms with Crippen molar-refractivity contribution in [2.45, 2.75) is 38.8 Å². The molecular weight excluding hydrogens is 316 g/mol. The number of carbonyl (C=O) groups excluding carboxylic acids is 1. The molecule has 0 radical (unpaired) electrons. The second-order valence-corrected chi connectivity index (χ2v) is 6.95. The summed E-state index contributed by atoms with van der Waals surface area (Å²) in [6.07, 6.45) is 5.23. The molecule has 2 aliphatic rings. The number of rotatable bonds is 4. The molecular formula is C19H26N4O2. The number of hydrogen-bond acceptors (Lipinski definition) is 4. The van der Waals surface area contributed by atoms with E-state index in [1.807, 2.05) is 18.2 Å². The molecule has 3 heterocycles. The van der Waals surface area contributed by atoms with Gasteiger partial charge in [0.1, 0.15) is 12.4 Å². The number of nitrogens with one attached hydrogen (secondary N) is 1. The molecule has 6 nitrogen and oxygen atoms in total. The van der Waals surface area contributed by atoms with Gasteiger partial charge in [-0.15, -0.1) is 0 Å². The third-order valence-corrected chi connectivity index (χ3v) is 5.19. The summed E-state index contributed by atoms with van der Waals surface area (Å²) in [5.41, 5.74) is 2.64. The Labute approximate surface area is 148 Å². The Kier molecular flexibility index (Phi) is 4.99. The van der Waals surface area contributed by atoms with Gasteiger partial charge < -0.3 is 19.5 Å². The maximum absolute atomic E-state index is 12.5. The Morgan fingerprint density at radius 3 is 2.84 bits per heavy atom. The van der Waals surface area contributed by atoms with Crippen LogP contribution in [0.2, 0.25) is 0 Å². The number of carbonyl (C=O) groups is 1. The smallest absolute Gasteiger partial charge is 0.251 e. The highest BCUT2D eigenvalue weighted by atomic mass is 16.5. The molecule has 0 aliphatic carbocycles. The van der Waals surface area contributed by atoms with E-state index in [9.17, 15) is 4.79 Å². The topological polar surface area (TPSA) is 59.4 Å². The van der Waals surface area contributed by atoms with E-state index in [-0.39, 0.29) is 5.91 Å². The predicted octanol–water partition coefficient (Wildman–Crippen LogP) is 2.17. The highest BCUT2D eigenvalue weighted by Gasteiger charge is 2.16. The zero-order chi connectivity index (χ0) is 17.1. The molecule has 1 fully saturated rings. The first-order valence-corrected chi connectivity index (χ1v) is 9.39. The van der Waals surface area contributed by atoms with Crippen LogP contribution in [0, 0.1) is 0 Å². The van der Waals surface area contributed by atoms with Gasteiger partial charge in [0.25, 0.3) is 5.91 Å². The molecule has 1 aromatic carbocycles. The van der Waals surface area contributed by atoms with E-state index in [0.717, 1.165) is 49.6 Å². The van der Waals surface area contributed by atoms with Crippen LogP contribution >= 0.6 is 0 Å². The van der Waals surface area contributed by atoms with Gasteiger partial charge in [0.05, 0.1) is 17.6 Å². The summed E-state index contributed by atoms with van der Waals surface area (Å²) in [4.78, 5) is 19.5. The van der Waals surface area contributed by atoms with Crippen molar-refractivity contribution in [1.29, 1.82) is 0 Å². The van der Waals surface area contributed by atoms with Crippen LogP contribution in [0.1, 0.15) is 41.9 Å². The third kappa shape index (κ3) is 3.70. The van der Waals surface area contributed by atoms with Gasteiger partial charge in [-0.05, 0) is 44.1 Å². The standard InChI is InChI=1S/C19H26N4O2/c24-19(20-7-10-22-8-3-1-2-4-9-22)15-5-6-17-16(13-15)21-18-14-25-12-11-23(17)18/h5-6,13H,1-4,7-12,14H2,(H,20,24). The molecule has 2 aromatic rings. The van der Waals surface area contributed by atoms with Gasteiger partial charge >= 0.3 is 0 Å². The fourth-order valence-corrected chi connectivity index (χ4v) is 3.79. The maximum Gasteiger partial charge on any atom is 0.251 e. The van der Waals surface area contributed by atoms with E-state index in [1.165, 1.54) is 25.7 Å². The van der Waals surface area contributed by atoms with Crippen molar-refractivity contribution in [3.63, 3.8) is 0 Å². The van der Waals surface area contributed by atoms with E-state index < -0.39 is 0 Å². The van der Waals surface area contributed by atoms with Gasteiger partial charge in [0, 0.05) is 25.2 Å². The molecule has 134 valence electrons. The molecule has 0 spiro atoms. The Balaban J connectivity index is 1.38. The molecule has 1 N–H and O–H groups in total. The van der Waals surface area contributed by atoms with Crippen LogP contribution in [-0.4, -0.2) is 53.1 Å². The van der Waals surface area contributed by atoms with Crippen LogP contribution in [0.4, 0.5) is 0 Å². The van der Waals surface area contributed by atoms with E-state index in [1.54, 1.807) is 0 Å². The molecule has 1 saturated heterocycles. The Hall–Kier alpha value is -1.92. The lowest BCUT2D eigenvalue weighted by molar-refractivity contribution is 0.0830. The summed E-state index contributed by atoms with van der Waals surface area (Å²) in [6.45, 7) is 6.04. The minimum absolute atomic E-state index is 0.0149. The zero-order valence-electron chi connectivity index (χ0n) is 14.7. The number of aromatic nitrogens is 2. The highest BCUT2D eigenvalue weighted by Crippen LogP contribution is 2.21. The zero-order valence-corrected chi connectivity index (χ0v) is 14.7. The lowest BCUT2D eigenvalue weighted by atomic mass is 10.2. The highest BCUT2D eigenvalue weighted by molar-refractivity contribution is 5.97. The molecule has 1 aromatic heterocycles. The molecule has 1 amide bonds. The minimum atomic E-state index is -0.0149. The van der Waals surface area contributed by atoms with Crippen LogP contribution in [0.15, 0.2) is 18.2 Å². The van der Waals surface area contributed by atoms with E-state index in [2.05, 4.69) is 19.8 Å². The second-order valence-electron chi connectivity index (χ2n) is 6.95. The van der Waals surface area contributed by atoms with Crippen LogP contribution in [0.3, 0.4) is 0 Å². The molecule has 0 unspecified atom stereocenters. The van der Waals surface area contributed by atoms with Crippen LogP contribution < -0.4 is 5.32 Å². The van der Waals surface area contributed by atoms with E-state index in [0.29, 0.717) is 18.7 Å². The summed E-state index contributed by atoms with van der Waals surface area (Å²) >= 11 is 0. The summed E-state index contributed by atoms with van der Waals surface area (Å²) in [7, 11) is 0. The fourth-order valence-electron chi connectivity index (χ4n) is 3.79. The maximum atomic E-state index is 12.5. The SMILES string of the molecule is O=C(NCCN1CCCCCC1)c1ccc2c(c1)nc1n2CCOC1. The average molecular weight is 342 g/mol. The largest absolute Gasteiger partial charge is 0.372 e.